The molecule has 29 heavy (non-hydrogen) atoms. The first-order chi connectivity index (χ1) is 13.8. The van der Waals surface area contributed by atoms with Crippen LogP contribution < -0.4 is 22.3 Å². The molecule has 1 amide bonds. The van der Waals surface area contributed by atoms with Crippen molar-refractivity contribution in [2.45, 2.75) is 30.7 Å². The number of para-hydroxylation sites is 1. The van der Waals surface area contributed by atoms with Crippen molar-refractivity contribution in [3.05, 3.63) is 52.4 Å². The molecule has 1 atom stereocenters. The number of rotatable bonds is 6. The first kappa shape index (κ1) is 20.5. The number of benzene rings is 1. The average Bonchev–Trinajstić information content (AvgIpc) is 2.89. The Morgan fingerprint density at radius 3 is 2.41 bits per heavy atom. The lowest BCUT2D eigenvalue weighted by Crippen LogP contribution is -2.28. The summed E-state index contributed by atoms with van der Waals surface area (Å²) in [7, 11) is 1.77. The van der Waals surface area contributed by atoms with E-state index in [1.165, 1.54) is 10.7 Å². The van der Waals surface area contributed by atoms with Gasteiger partial charge in [0.2, 0.25) is 5.91 Å². The second-order valence-electron chi connectivity index (χ2n) is 6.44. The molecule has 5 N–H and O–H groups in total. The minimum Gasteiger partial charge on any atom is -0.383 e. The van der Waals surface area contributed by atoms with Gasteiger partial charge in [0, 0.05) is 13.1 Å². The highest BCUT2D eigenvalue weighted by Gasteiger charge is 2.24. The van der Waals surface area contributed by atoms with Crippen LogP contribution in [-0.4, -0.2) is 30.5 Å². The first-order valence-electron chi connectivity index (χ1n) is 9.03. The molecule has 1 unspecified atom stereocenters. The minimum absolute atomic E-state index is 0.236. The van der Waals surface area contributed by atoms with Gasteiger partial charge in [0.25, 0.3) is 5.56 Å². The highest BCUT2D eigenvalue weighted by molar-refractivity contribution is 8.00. The second kappa shape index (κ2) is 8.39. The number of nitrogen functional groups attached to an aromatic ring is 2. The van der Waals surface area contributed by atoms with E-state index in [0.717, 1.165) is 11.8 Å². The molecule has 3 aromatic rings. The van der Waals surface area contributed by atoms with Crippen molar-refractivity contribution < 1.29 is 4.79 Å². The summed E-state index contributed by atoms with van der Waals surface area (Å²) >= 11 is 1.15. The SMILES string of the molecule is CCC(Sc1nc(N)cc(N)n1)C(=O)Nc1c(C)n(C)n(-c2ccccc2)c1=O. The first-order valence-corrected chi connectivity index (χ1v) is 9.91. The van der Waals surface area contributed by atoms with Crippen LogP contribution in [0.5, 0.6) is 0 Å². The number of amides is 1. The number of nitrogens with one attached hydrogen (secondary N) is 1. The molecule has 0 aliphatic heterocycles. The van der Waals surface area contributed by atoms with Crippen LogP contribution in [0, 0.1) is 6.92 Å². The number of anilines is 3. The third-order valence-electron chi connectivity index (χ3n) is 4.46. The Morgan fingerprint density at radius 1 is 1.21 bits per heavy atom. The number of nitrogens with zero attached hydrogens (tertiary/aromatic N) is 4. The van der Waals surface area contributed by atoms with Gasteiger partial charge in [-0.1, -0.05) is 36.9 Å². The summed E-state index contributed by atoms with van der Waals surface area (Å²) in [5, 5.41) is 2.58. The predicted octanol–water partition coefficient (Wildman–Crippen LogP) is 1.95. The van der Waals surface area contributed by atoms with Crippen molar-refractivity contribution >= 4 is 35.0 Å². The molecule has 2 aromatic heterocycles. The smallest absolute Gasteiger partial charge is 0.295 e. The molecular weight excluding hydrogens is 390 g/mol. The molecule has 3 rings (SSSR count). The summed E-state index contributed by atoms with van der Waals surface area (Å²) in [4.78, 5) is 34.0. The normalized spacial score (nSPS) is 12.0. The standard InChI is InChI=1S/C19H23N7O2S/c1-4-13(29-19-22-14(20)10-15(21)23-19)17(27)24-16-11(2)25(3)26(18(16)28)12-8-6-5-7-9-12/h5-10,13H,4H2,1-3H3,(H,24,27)(H4,20,21,22,23). The fourth-order valence-corrected chi connectivity index (χ4v) is 3.78. The van der Waals surface area contributed by atoms with E-state index in [9.17, 15) is 9.59 Å². The van der Waals surface area contributed by atoms with Gasteiger partial charge < -0.3 is 16.8 Å². The Morgan fingerprint density at radius 2 is 1.83 bits per heavy atom. The summed E-state index contributed by atoms with van der Waals surface area (Å²) in [6.07, 6.45) is 0.507. The van der Waals surface area contributed by atoms with Gasteiger partial charge in [-0.3, -0.25) is 14.3 Å². The van der Waals surface area contributed by atoms with E-state index < -0.39 is 5.25 Å². The number of carbonyl (C=O) groups is 1. The van der Waals surface area contributed by atoms with Gasteiger partial charge in [0.1, 0.15) is 17.3 Å². The largest absolute Gasteiger partial charge is 0.383 e. The Bertz CT molecular complexity index is 1070. The maximum Gasteiger partial charge on any atom is 0.295 e. The van der Waals surface area contributed by atoms with Crippen LogP contribution in [0.25, 0.3) is 5.69 Å². The van der Waals surface area contributed by atoms with E-state index in [0.29, 0.717) is 23.0 Å². The van der Waals surface area contributed by atoms with Crippen LogP contribution in [0.1, 0.15) is 19.0 Å². The molecule has 152 valence electrons. The van der Waals surface area contributed by atoms with E-state index in [2.05, 4.69) is 15.3 Å². The molecule has 1 aromatic carbocycles. The van der Waals surface area contributed by atoms with Crippen LogP contribution in [0.2, 0.25) is 0 Å². The number of hydrogen-bond acceptors (Lipinski definition) is 7. The molecule has 0 saturated carbocycles. The molecule has 0 saturated heterocycles. The highest BCUT2D eigenvalue weighted by Crippen LogP contribution is 2.25. The molecule has 0 radical (unpaired) electrons. The van der Waals surface area contributed by atoms with Crippen LogP contribution in [0.15, 0.2) is 46.3 Å². The monoisotopic (exact) mass is 413 g/mol. The highest BCUT2D eigenvalue weighted by atomic mass is 32.2. The van der Waals surface area contributed by atoms with Gasteiger partial charge in [-0.15, -0.1) is 0 Å². The Balaban J connectivity index is 1.87. The molecule has 0 spiro atoms. The van der Waals surface area contributed by atoms with E-state index >= 15 is 0 Å². The van der Waals surface area contributed by atoms with Gasteiger partial charge in [0.05, 0.1) is 16.6 Å². The zero-order valence-electron chi connectivity index (χ0n) is 16.4. The van der Waals surface area contributed by atoms with Crippen LogP contribution in [0.4, 0.5) is 17.3 Å². The Hall–Kier alpha value is -3.27. The van der Waals surface area contributed by atoms with E-state index in [1.54, 1.807) is 18.7 Å². The van der Waals surface area contributed by atoms with Gasteiger partial charge in [0.15, 0.2) is 5.16 Å². The lowest BCUT2D eigenvalue weighted by Gasteiger charge is -2.13. The predicted molar refractivity (Wildman–Crippen MR) is 115 cm³/mol. The molecule has 0 aliphatic rings. The summed E-state index contributed by atoms with van der Waals surface area (Å²) in [6, 6.07) is 10.7. The lowest BCUT2D eigenvalue weighted by molar-refractivity contribution is -0.115. The number of nitrogens with two attached hydrogens (primary N) is 2. The molecule has 0 bridgehead atoms. The summed E-state index contributed by atoms with van der Waals surface area (Å²) < 4.78 is 3.23. The molecular formula is C19H23N7O2S. The summed E-state index contributed by atoms with van der Waals surface area (Å²) in [6.45, 7) is 3.65. The Labute approximate surface area is 172 Å². The van der Waals surface area contributed by atoms with Crippen molar-refractivity contribution in [3.8, 4) is 5.69 Å². The zero-order chi connectivity index (χ0) is 21.1. The number of thioether (sulfide) groups is 1. The number of aromatic nitrogens is 4. The summed E-state index contributed by atoms with van der Waals surface area (Å²) in [5.41, 5.74) is 12.7. The van der Waals surface area contributed by atoms with Crippen LogP contribution in [-0.2, 0) is 11.8 Å². The van der Waals surface area contributed by atoms with Gasteiger partial charge in [-0.25, -0.2) is 14.6 Å². The molecule has 10 heteroatoms. The summed E-state index contributed by atoms with van der Waals surface area (Å²) in [5.74, 6) is 0.160. The number of hydrogen-bond donors (Lipinski definition) is 3. The quantitative estimate of drug-likeness (QED) is 0.415. The van der Waals surface area contributed by atoms with Crippen molar-refractivity contribution in [2.24, 2.45) is 7.05 Å². The van der Waals surface area contributed by atoms with E-state index in [4.69, 9.17) is 11.5 Å². The van der Waals surface area contributed by atoms with Crippen molar-refractivity contribution in [1.29, 1.82) is 0 Å². The average molecular weight is 414 g/mol. The lowest BCUT2D eigenvalue weighted by atomic mass is 10.3. The number of carbonyl (C=O) groups excluding carboxylic acids is 1. The maximum atomic E-state index is 13.0. The Kier molecular flexibility index (Phi) is 5.92. The minimum atomic E-state index is -0.514. The van der Waals surface area contributed by atoms with Crippen molar-refractivity contribution in [2.75, 3.05) is 16.8 Å². The van der Waals surface area contributed by atoms with Crippen LogP contribution in [0.3, 0.4) is 0 Å². The third-order valence-corrected chi connectivity index (χ3v) is 5.68. The zero-order valence-corrected chi connectivity index (χ0v) is 17.2. The fourth-order valence-electron chi connectivity index (χ4n) is 2.88. The topological polar surface area (TPSA) is 134 Å². The molecule has 9 nitrogen and oxygen atoms in total. The van der Waals surface area contributed by atoms with Gasteiger partial charge >= 0.3 is 0 Å². The fraction of sp³-hybridized carbons (Fsp3) is 0.263. The van der Waals surface area contributed by atoms with Crippen molar-refractivity contribution in [1.82, 2.24) is 19.3 Å². The maximum absolute atomic E-state index is 13.0. The second-order valence-corrected chi connectivity index (χ2v) is 7.61. The van der Waals surface area contributed by atoms with Crippen LogP contribution >= 0.6 is 11.8 Å². The van der Waals surface area contributed by atoms with Gasteiger partial charge in [-0.2, -0.15) is 0 Å². The molecule has 2 heterocycles. The molecule has 0 aliphatic carbocycles. The van der Waals surface area contributed by atoms with Crippen molar-refractivity contribution in [3.63, 3.8) is 0 Å². The van der Waals surface area contributed by atoms with E-state index in [1.807, 2.05) is 37.3 Å². The molecule has 0 fully saturated rings. The third kappa shape index (κ3) is 4.27. The van der Waals surface area contributed by atoms with Gasteiger partial charge in [-0.05, 0) is 25.5 Å². The van der Waals surface area contributed by atoms with E-state index in [-0.39, 0.29) is 28.8 Å².